The van der Waals surface area contributed by atoms with Crippen LogP contribution >= 0.6 is 0 Å². The van der Waals surface area contributed by atoms with Crippen LogP contribution in [0.25, 0.3) is 0 Å². The summed E-state index contributed by atoms with van der Waals surface area (Å²) in [6.45, 7) is 4.25. The van der Waals surface area contributed by atoms with Crippen molar-refractivity contribution in [2.45, 2.75) is 20.4 Å². The minimum absolute atomic E-state index is 0.265. The van der Waals surface area contributed by atoms with Gasteiger partial charge in [-0.2, -0.15) is 0 Å². The second-order valence-electron chi connectivity index (χ2n) is 5.41. The number of amides is 1. The summed E-state index contributed by atoms with van der Waals surface area (Å²) in [5.41, 5.74) is 2.47. The van der Waals surface area contributed by atoms with Crippen molar-refractivity contribution in [2.75, 3.05) is 5.32 Å². The number of rotatable bonds is 5. The van der Waals surface area contributed by atoms with Crippen LogP contribution in [0, 0.1) is 13.8 Å². The minimum atomic E-state index is -0.265. The lowest BCUT2D eigenvalue weighted by Crippen LogP contribution is -2.24. The van der Waals surface area contributed by atoms with Gasteiger partial charge in [0.2, 0.25) is 0 Å². The molecule has 0 aliphatic carbocycles. The molecular formula is C17H17N5O2. The number of carbonyl (C=O) groups excluding carboxylic acids is 1. The van der Waals surface area contributed by atoms with Crippen molar-refractivity contribution in [1.82, 2.24) is 20.4 Å². The average Bonchev–Trinajstić information content (AvgIpc) is 2.98. The molecule has 0 aliphatic rings. The van der Waals surface area contributed by atoms with Gasteiger partial charge in [0, 0.05) is 18.7 Å². The van der Waals surface area contributed by atoms with Crippen LogP contribution in [0.5, 0.6) is 0 Å². The van der Waals surface area contributed by atoms with Gasteiger partial charge in [-0.3, -0.25) is 4.79 Å². The predicted molar refractivity (Wildman–Crippen MR) is 88.9 cm³/mol. The molecule has 2 heterocycles. The Bertz CT molecular complexity index is 859. The molecule has 0 atom stereocenters. The SMILES string of the molecule is Cc1cccc(CNC(=O)c2cc(Nc3cc(C)on3)ncn2)c1. The molecule has 2 N–H and O–H groups in total. The fourth-order valence-corrected chi connectivity index (χ4v) is 2.20. The van der Waals surface area contributed by atoms with Gasteiger partial charge in [-0.1, -0.05) is 35.0 Å². The fraction of sp³-hybridized carbons (Fsp3) is 0.176. The Morgan fingerprint density at radius 3 is 2.75 bits per heavy atom. The zero-order chi connectivity index (χ0) is 16.9. The van der Waals surface area contributed by atoms with E-state index in [4.69, 9.17) is 4.52 Å². The summed E-state index contributed by atoms with van der Waals surface area (Å²) in [5, 5.41) is 9.63. The summed E-state index contributed by atoms with van der Waals surface area (Å²) in [6.07, 6.45) is 1.33. The van der Waals surface area contributed by atoms with E-state index < -0.39 is 0 Å². The molecule has 0 radical (unpaired) electrons. The molecule has 122 valence electrons. The van der Waals surface area contributed by atoms with Crippen molar-refractivity contribution >= 4 is 17.5 Å². The topological polar surface area (TPSA) is 92.9 Å². The smallest absolute Gasteiger partial charge is 0.270 e. The summed E-state index contributed by atoms with van der Waals surface area (Å²) >= 11 is 0. The van der Waals surface area contributed by atoms with E-state index in [0.29, 0.717) is 23.9 Å². The number of carbonyl (C=O) groups is 1. The molecule has 24 heavy (non-hydrogen) atoms. The Morgan fingerprint density at radius 1 is 1.12 bits per heavy atom. The number of nitrogens with zero attached hydrogens (tertiary/aromatic N) is 3. The molecule has 7 nitrogen and oxygen atoms in total. The Balaban J connectivity index is 1.65. The molecular weight excluding hydrogens is 306 g/mol. The van der Waals surface area contributed by atoms with Crippen molar-refractivity contribution in [3.63, 3.8) is 0 Å². The normalized spacial score (nSPS) is 10.4. The van der Waals surface area contributed by atoms with Crippen LogP contribution in [0.2, 0.25) is 0 Å². The molecule has 0 spiro atoms. The lowest BCUT2D eigenvalue weighted by Gasteiger charge is -2.07. The quantitative estimate of drug-likeness (QED) is 0.750. The van der Waals surface area contributed by atoms with E-state index in [0.717, 1.165) is 11.1 Å². The molecule has 3 aromatic rings. The van der Waals surface area contributed by atoms with Crippen LogP contribution in [0.3, 0.4) is 0 Å². The van der Waals surface area contributed by atoms with Crippen molar-refractivity contribution in [2.24, 2.45) is 0 Å². The highest BCUT2D eigenvalue weighted by Gasteiger charge is 2.10. The van der Waals surface area contributed by atoms with Crippen molar-refractivity contribution < 1.29 is 9.32 Å². The van der Waals surface area contributed by atoms with Gasteiger partial charge in [0.05, 0.1) is 0 Å². The summed E-state index contributed by atoms with van der Waals surface area (Å²) in [7, 11) is 0. The molecule has 0 unspecified atom stereocenters. The largest absolute Gasteiger partial charge is 0.360 e. The van der Waals surface area contributed by atoms with Crippen LogP contribution in [0.4, 0.5) is 11.6 Å². The highest BCUT2D eigenvalue weighted by atomic mass is 16.5. The Labute approximate surface area is 139 Å². The van der Waals surface area contributed by atoms with Crippen molar-refractivity contribution in [3.8, 4) is 0 Å². The maximum atomic E-state index is 12.2. The van der Waals surface area contributed by atoms with Gasteiger partial charge in [-0.25, -0.2) is 9.97 Å². The van der Waals surface area contributed by atoms with E-state index in [2.05, 4.69) is 25.8 Å². The number of hydrogen-bond acceptors (Lipinski definition) is 6. The molecule has 2 aromatic heterocycles. The summed E-state index contributed by atoms with van der Waals surface area (Å²) in [4.78, 5) is 20.3. The highest BCUT2D eigenvalue weighted by Crippen LogP contribution is 2.14. The standard InChI is InChI=1S/C17H17N5O2/c1-11-4-3-5-13(6-11)9-18-17(23)14-8-15(20-10-19-14)21-16-7-12(2)24-22-16/h3-8,10H,9H2,1-2H3,(H,18,23)(H,19,20,21,22). The first-order valence-corrected chi connectivity index (χ1v) is 7.46. The molecule has 0 bridgehead atoms. The summed E-state index contributed by atoms with van der Waals surface area (Å²) in [6, 6.07) is 11.3. The van der Waals surface area contributed by atoms with Crippen molar-refractivity contribution in [1.29, 1.82) is 0 Å². The van der Waals surface area contributed by atoms with Crippen LogP contribution in [0.1, 0.15) is 27.4 Å². The van der Waals surface area contributed by atoms with Crippen molar-refractivity contribution in [3.05, 3.63) is 65.3 Å². The van der Waals surface area contributed by atoms with Gasteiger partial charge in [0.25, 0.3) is 5.91 Å². The number of nitrogens with one attached hydrogen (secondary N) is 2. The van der Waals surface area contributed by atoms with Crippen LogP contribution in [0.15, 0.2) is 47.2 Å². The van der Waals surface area contributed by atoms with Gasteiger partial charge in [0.15, 0.2) is 5.82 Å². The van der Waals surface area contributed by atoms with Crippen LogP contribution < -0.4 is 10.6 Å². The maximum Gasteiger partial charge on any atom is 0.270 e. The molecule has 0 aliphatic heterocycles. The molecule has 0 saturated heterocycles. The second kappa shape index (κ2) is 6.91. The third-order valence-electron chi connectivity index (χ3n) is 3.32. The predicted octanol–water partition coefficient (Wildman–Crippen LogP) is 2.76. The van der Waals surface area contributed by atoms with Crippen LogP contribution in [-0.4, -0.2) is 21.0 Å². The monoisotopic (exact) mass is 323 g/mol. The van der Waals surface area contributed by atoms with Gasteiger partial charge in [0.1, 0.15) is 23.6 Å². The van der Waals surface area contributed by atoms with Crippen LogP contribution in [-0.2, 0) is 6.54 Å². The Morgan fingerprint density at radius 2 is 2.00 bits per heavy atom. The van der Waals surface area contributed by atoms with Gasteiger partial charge in [-0.15, -0.1) is 0 Å². The number of benzene rings is 1. The van der Waals surface area contributed by atoms with E-state index in [9.17, 15) is 4.79 Å². The Hall–Kier alpha value is -3.22. The molecule has 7 heteroatoms. The maximum absolute atomic E-state index is 12.2. The van der Waals surface area contributed by atoms with Gasteiger partial charge < -0.3 is 15.2 Å². The van der Waals surface area contributed by atoms with E-state index in [1.165, 1.54) is 6.33 Å². The number of aryl methyl sites for hydroxylation is 2. The average molecular weight is 323 g/mol. The second-order valence-corrected chi connectivity index (χ2v) is 5.41. The van der Waals surface area contributed by atoms with E-state index >= 15 is 0 Å². The lowest BCUT2D eigenvalue weighted by atomic mass is 10.1. The third-order valence-corrected chi connectivity index (χ3v) is 3.32. The zero-order valence-corrected chi connectivity index (χ0v) is 13.4. The molecule has 1 amide bonds. The molecule has 3 rings (SSSR count). The number of aromatic nitrogens is 3. The van der Waals surface area contributed by atoms with E-state index in [1.807, 2.05) is 31.2 Å². The minimum Gasteiger partial charge on any atom is -0.360 e. The zero-order valence-electron chi connectivity index (χ0n) is 13.4. The first-order chi connectivity index (χ1) is 11.6. The fourth-order valence-electron chi connectivity index (χ4n) is 2.20. The molecule has 1 aromatic carbocycles. The third kappa shape index (κ3) is 3.95. The summed E-state index contributed by atoms with van der Waals surface area (Å²) in [5.74, 6) is 1.41. The summed E-state index contributed by atoms with van der Waals surface area (Å²) < 4.78 is 4.98. The highest BCUT2D eigenvalue weighted by molar-refractivity contribution is 5.92. The van der Waals surface area contributed by atoms with Gasteiger partial charge in [-0.05, 0) is 19.4 Å². The Kier molecular flexibility index (Phi) is 4.51. The molecule has 0 fully saturated rings. The van der Waals surface area contributed by atoms with E-state index in [-0.39, 0.29) is 11.6 Å². The lowest BCUT2D eigenvalue weighted by molar-refractivity contribution is 0.0946. The van der Waals surface area contributed by atoms with E-state index in [1.54, 1.807) is 19.1 Å². The first kappa shape index (κ1) is 15.7. The van der Waals surface area contributed by atoms with Gasteiger partial charge >= 0.3 is 0 Å². The first-order valence-electron chi connectivity index (χ1n) is 7.46. The molecule has 0 saturated carbocycles. The number of anilines is 2. The number of hydrogen-bond donors (Lipinski definition) is 2.